The van der Waals surface area contributed by atoms with Gasteiger partial charge in [0.25, 0.3) is 10.0 Å². The monoisotopic (exact) mass is 320 g/mol. The van der Waals surface area contributed by atoms with E-state index in [1.54, 1.807) is 0 Å². The van der Waals surface area contributed by atoms with Crippen LogP contribution in [0.25, 0.3) is 0 Å². The van der Waals surface area contributed by atoms with Crippen LogP contribution in [0.5, 0.6) is 5.88 Å². The molecular weight excluding hydrogens is 304 g/mol. The van der Waals surface area contributed by atoms with Crippen molar-refractivity contribution in [3.05, 3.63) is 18.2 Å². The van der Waals surface area contributed by atoms with E-state index in [1.165, 1.54) is 22.5 Å². The summed E-state index contributed by atoms with van der Waals surface area (Å²) in [5, 5.41) is -0.194. The Labute approximate surface area is 118 Å². The van der Waals surface area contributed by atoms with Crippen LogP contribution in [-0.4, -0.2) is 45.5 Å². The van der Waals surface area contributed by atoms with Crippen molar-refractivity contribution < 1.29 is 21.0 Å². The van der Waals surface area contributed by atoms with E-state index in [1.807, 2.05) is 0 Å². The van der Waals surface area contributed by atoms with E-state index in [0.29, 0.717) is 13.1 Å². The molecule has 0 bridgehead atoms. The van der Waals surface area contributed by atoms with Crippen molar-refractivity contribution in [2.45, 2.75) is 24.3 Å². The van der Waals surface area contributed by atoms with Gasteiger partial charge in [-0.2, -0.15) is 17.7 Å². The number of aromatic nitrogens is 1. The molecule has 0 unspecified atom stereocenters. The molecule has 0 saturated carbocycles. The molecule has 1 aromatic heterocycles. The molecule has 0 atom stereocenters. The highest BCUT2D eigenvalue weighted by Crippen LogP contribution is 2.21. The predicted molar refractivity (Wildman–Crippen MR) is 72.3 cm³/mol. The molecule has 1 saturated heterocycles. The minimum atomic E-state index is -3.74. The van der Waals surface area contributed by atoms with Crippen molar-refractivity contribution in [2.24, 2.45) is 0 Å². The van der Waals surface area contributed by atoms with Crippen LogP contribution in [0.3, 0.4) is 0 Å². The summed E-state index contributed by atoms with van der Waals surface area (Å²) in [6, 6.07) is 4.04. The minimum Gasteiger partial charge on any atom is -0.362 e. The van der Waals surface area contributed by atoms with Crippen LogP contribution < -0.4 is 4.18 Å². The van der Waals surface area contributed by atoms with Gasteiger partial charge in [0.2, 0.25) is 5.88 Å². The fraction of sp³-hybridized carbons (Fsp3) is 0.545. The largest absolute Gasteiger partial charge is 0.362 e. The highest BCUT2D eigenvalue weighted by molar-refractivity contribution is 7.89. The zero-order valence-electron chi connectivity index (χ0n) is 11.0. The predicted octanol–water partition coefficient (Wildman–Crippen LogP) is 0.595. The van der Waals surface area contributed by atoms with Crippen LogP contribution in [-0.2, 0) is 20.1 Å². The first-order valence-corrected chi connectivity index (χ1v) is 9.41. The van der Waals surface area contributed by atoms with Gasteiger partial charge in [-0.05, 0) is 18.9 Å². The lowest BCUT2D eigenvalue weighted by Gasteiger charge is -2.25. The molecule has 0 aliphatic carbocycles. The number of piperidine rings is 1. The third-order valence-corrected chi connectivity index (χ3v) is 5.13. The number of rotatable bonds is 4. The van der Waals surface area contributed by atoms with Gasteiger partial charge < -0.3 is 4.18 Å². The van der Waals surface area contributed by atoms with Crippen molar-refractivity contribution in [1.82, 2.24) is 9.29 Å². The van der Waals surface area contributed by atoms with Crippen molar-refractivity contribution in [3.63, 3.8) is 0 Å². The Morgan fingerprint density at radius 2 is 1.75 bits per heavy atom. The molecule has 1 aliphatic rings. The average molecular weight is 320 g/mol. The highest BCUT2D eigenvalue weighted by atomic mass is 32.2. The van der Waals surface area contributed by atoms with Gasteiger partial charge in [0.15, 0.2) is 5.03 Å². The van der Waals surface area contributed by atoms with Crippen molar-refractivity contribution >= 4 is 20.1 Å². The normalized spacial score (nSPS) is 17.9. The maximum Gasteiger partial charge on any atom is 0.307 e. The summed E-state index contributed by atoms with van der Waals surface area (Å²) in [5.74, 6) is -0.245. The number of hydrogen-bond donors (Lipinski definition) is 0. The molecule has 1 aromatic rings. The van der Waals surface area contributed by atoms with E-state index in [9.17, 15) is 16.8 Å². The molecule has 0 N–H and O–H groups in total. The lowest BCUT2D eigenvalue weighted by molar-refractivity contribution is 0.345. The summed E-state index contributed by atoms with van der Waals surface area (Å²) in [7, 11) is -7.43. The molecular formula is C11H16N2O5S2. The summed E-state index contributed by atoms with van der Waals surface area (Å²) in [6.07, 6.45) is 3.52. The molecule has 0 aromatic carbocycles. The SMILES string of the molecule is CS(=O)(=O)Oc1cccc(S(=O)(=O)N2CCCCC2)n1. The molecule has 0 spiro atoms. The fourth-order valence-corrected chi connectivity index (χ4v) is 3.84. The van der Waals surface area contributed by atoms with Gasteiger partial charge in [-0.1, -0.05) is 12.5 Å². The van der Waals surface area contributed by atoms with Crippen LogP contribution in [0.15, 0.2) is 23.2 Å². The molecule has 0 radical (unpaired) electrons. The second-order valence-electron chi connectivity index (χ2n) is 4.57. The Kier molecular flexibility index (Phi) is 4.31. The molecule has 2 rings (SSSR count). The zero-order valence-corrected chi connectivity index (χ0v) is 12.7. The molecule has 20 heavy (non-hydrogen) atoms. The summed E-state index contributed by atoms with van der Waals surface area (Å²) >= 11 is 0. The quantitative estimate of drug-likeness (QED) is 0.754. The zero-order chi connectivity index (χ0) is 14.8. The average Bonchev–Trinajstić information content (AvgIpc) is 2.38. The van der Waals surface area contributed by atoms with Crippen molar-refractivity contribution in [1.29, 1.82) is 0 Å². The third-order valence-electron chi connectivity index (χ3n) is 2.85. The summed E-state index contributed by atoms with van der Waals surface area (Å²) in [6.45, 7) is 0.919. The lowest BCUT2D eigenvalue weighted by Crippen LogP contribution is -2.36. The number of nitrogens with zero attached hydrogens (tertiary/aromatic N) is 2. The van der Waals surface area contributed by atoms with E-state index in [2.05, 4.69) is 9.17 Å². The first kappa shape index (κ1) is 15.2. The van der Waals surface area contributed by atoms with E-state index in [0.717, 1.165) is 25.5 Å². The topological polar surface area (TPSA) is 93.6 Å². The Balaban J connectivity index is 2.30. The Morgan fingerprint density at radius 3 is 2.35 bits per heavy atom. The van der Waals surface area contributed by atoms with E-state index >= 15 is 0 Å². The molecule has 1 fully saturated rings. The van der Waals surface area contributed by atoms with Crippen LogP contribution in [0.2, 0.25) is 0 Å². The second kappa shape index (κ2) is 5.66. The maximum atomic E-state index is 12.4. The summed E-state index contributed by atoms with van der Waals surface area (Å²) < 4.78 is 52.8. The molecule has 1 aliphatic heterocycles. The third kappa shape index (κ3) is 3.68. The van der Waals surface area contributed by atoms with Gasteiger partial charge in [0.1, 0.15) is 0 Å². The van der Waals surface area contributed by atoms with Gasteiger partial charge in [-0.25, -0.2) is 8.42 Å². The van der Waals surface area contributed by atoms with Gasteiger partial charge in [0, 0.05) is 19.2 Å². The summed E-state index contributed by atoms with van der Waals surface area (Å²) in [5.41, 5.74) is 0. The van der Waals surface area contributed by atoms with Crippen LogP contribution >= 0.6 is 0 Å². The van der Waals surface area contributed by atoms with E-state index in [4.69, 9.17) is 0 Å². The van der Waals surface area contributed by atoms with Gasteiger partial charge in [-0.3, -0.25) is 0 Å². The molecule has 0 amide bonds. The fourth-order valence-electron chi connectivity index (χ4n) is 1.98. The standard InChI is InChI=1S/C11H16N2O5S2/c1-19(14,15)18-10-6-5-7-11(12-10)20(16,17)13-8-3-2-4-9-13/h5-7H,2-4,8-9H2,1H3. The molecule has 7 nitrogen and oxygen atoms in total. The summed E-state index contributed by atoms with van der Waals surface area (Å²) in [4.78, 5) is 3.77. The van der Waals surface area contributed by atoms with Gasteiger partial charge in [-0.15, -0.1) is 0 Å². The van der Waals surface area contributed by atoms with E-state index < -0.39 is 20.1 Å². The Bertz CT molecular complexity index is 679. The highest BCUT2D eigenvalue weighted by Gasteiger charge is 2.27. The smallest absolute Gasteiger partial charge is 0.307 e. The van der Waals surface area contributed by atoms with Gasteiger partial charge in [0.05, 0.1) is 6.26 Å². The maximum absolute atomic E-state index is 12.4. The van der Waals surface area contributed by atoms with Crippen LogP contribution in [0.1, 0.15) is 19.3 Å². The number of sulfonamides is 1. The number of pyridine rings is 1. The minimum absolute atomic E-state index is 0.194. The molecule has 9 heteroatoms. The lowest BCUT2D eigenvalue weighted by atomic mass is 10.2. The first-order valence-electron chi connectivity index (χ1n) is 6.16. The molecule has 112 valence electrons. The van der Waals surface area contributed by atoms with Crippen molar-refractivity contribution in [2.75, 3.05) is 19.3 Å². The van der Waals surface area contributed by atoms with Gasteiger partial charge >= 0.3 is 10.1 Å². The van der Waals surface area contributed by atoms with Crippen LogP contribution in [0, 0.1) is 0 Å². The Hall–Kier alpha value is -1.19. The number of hydrogen-bond acceptors (Lipinski definition) is 6. The van der Waals surface area contributed by atoms with Crippen molar-refractivity contribution in [3.8, 4) is 5.88 Å². The molecule has 2 heterocycles. The van der Waals surface area contributed by atoms with E-state index in [-0.39, 0.29) is 10.9 Å². The first-order chi connectivity index (χ1) is 9.29. The van der Waals surface area contributed by atoms with Crippen LogP contribution in [0.4, 0.5) is 0 Å². The second-order valence-corrected chi connectivity index (χ2v) is 8.03. The Morgan fingerprint density at radius 1 is 1.10 bits per heavy atom.